The summed E-state index contributed by atoms with van der Waals surface area (Å²) in [6.45, 7) is 0.0941. The van der Waals surface area contributed by atoms with Gasteiger partial charge in [0.25, 0.3) is 0 Å². The summed E-state index contributed by atoms with van der Waals surface area (Å²) < 4.78 is 9.98. The third-order valence-corrected chi connectivity index (χ3v) is 2.02. The molecule has 0 saturated carbocycles. The predicted molar refractivity (Wildman–Crippen MR) is 47.6 cm³/mol. The number of ether oxygens (including phenoxy) is 2. The highest BCUT2D eigenvalue weighted by molar-refractivity contribution is 5.21. The second-order valence-corrected chi connectivity index (χ2v) is 3.09. The maximum atomic E-state index is 10.5. The Morgan fingerprint density at radius 1 is 1.50 bits per heavy atom. The number of nitro groups is 1. The molecule has 1 aromatic carbocycles. The van der Waals surface area contributed by atoms with Crippen LogP contribution in [-0.4, -0.2) is 23.9 Å². The third-order valence-electron chi connectivity index (χ3n) is 2.02. The van der Waals surface area contributed by atoms with Crippen molar-refractivity contribution < 1.29 is 14.4 Å². The van der Waals surface area contributed by atoms with E-state index in [1.165, 1.54) is 0 Å². The van der Waals surface area contributed by atoms with E-state index in [0.717, 1.165) is 0 Å². The molecule has 1 aliphatic rings. The Balaban J connectivity index is 1.92. The van der Waals surface area contributed by atoms with Gasteiger partial charge in [-0.25, -0.2) is 0 Å². The fourth-order valence-electron chi connectivity index (χ4n) is 1.04. The van der Waals surface area contributed by atoms with Crippen LogP contribution < -0.4 is 4.74 Å². The molecular weight excluding hydrogens is 186 g/mol. The van der Waals surface area contributed by atoms with E-state index in [9.17, 15) is 10.1 Å². The smallest absolute Gasteiger partial charge is 0.382 e. The standard InChI is InChI=1S/C9H9NO4/c11-10(12)9(7-14-9)6-13-8-4-2-1-3-5-8/h1-5H,6-7H2. The number of rotatable bonds is 4. The molecular formula is C9H9NO4. The van der Waals surface area contributed by atoms with Crippen molar-refractivity contribution in [1.29, 1.82) is 0 Å². The highest BCUT2D eigenvalue weighted by atomic mass is 16.7. The maximum absolute atomic E-state index is 10.5. The minimum atomic E-state index is -1.30. The van der Waals surface area contributed by atoms with E-state index in [-0.39, 0.29) is 13.2 Å². The van der Waals surface area contributed by atoms with Crippen LogP contribution in [0.4, 0.5) is 0 Å². The van der Waals surface area contributed by atoms with Crippen LogP contribution in [0.3, 0.4) is 0 Å². The Morgan fingerprint density at radius 2 is 2.14 bits per heavy atom. The van der Waals surface area contributed by atoms with E-state index >= 15 is 0 Å². The molecule has 0 bridgehead atoms. The SMILES string of the molecule is O=[N+]([O-])C1(COc2ccccc2)CO1. The van der Waals surface area contributed by atoms with Crippen molar-refractivity contribution in [3.8, 4) is 5.75 Å². The molecule has 14 heavy (non-hydrogen) atoms. The van der Waals surface area contributed by atoms with E-state index in [1.807, 2.05) is 18.2 Å². The lowest BCUT2D eigenvalue weighted by molar-refractivity contribution is -0.564. The number of benzene rings is 1. The zero-order chi connectivity index (χ0) is 10.0. The summed E-state index contributed by atoms with van der Waals surface area (Å²) in [5.74, 6) is 0.615. The topological polar surface area (TPSA) is 64.9 Å². The van der Waals surface area contributed by atoms with Crippen LogP contribution in [0.2, 0.25) is 0 Å². The van der Waals surface area contributed by atoms with Crippen LogP contribution in [0, 0.1) is 10.1 Å². The van der Waals surface area contributed by atoms with E-state index in [1.54, 1.807) is 12.1 Å². The summed E-state index contributed by atoms with van der Waals surface area (Å²) in [4.78, 5) is 10.1. The van der Waals surface area contributed by atoms with E-state index in [2.05, 4.69) is 0 Å². The van der Waals surface area contributed by atoms with Crippen LogP contribution in [0.15, 0.2) is 30.3 Å². The average molecular weight is 195 g/mol. The van der Waals surface area contributed by atoms with Crippen molar-refractivity contribution in [1.82, 2.24) is 0 Å². The first-order valence-electron chi connectivity index (χ1n) is 4.19. The summed E-state index contributed by atoms with van der Waals surface area (Å²) in [6, 6.07) is 8.96. The predicted octanol–water partition coefficient (Wildman–Crippen LogP) is 1.07. The molecule has 0 N–H and O–H groups in total. The van der Waals surface area contributed by atoms with Gasteiger partial charge in [0.2, 0.25) is 0 Å². The first kappa shape index (κ1) is 8.96. The van der Waals surface area contributed by atoms with E-state index < -0.39 is 10.6 Å². The molecule has 0 spiro atoms. The number of epoxide rings is 1. The second kappa shape index (κ2) is 3.26. The maximum Gasteiger partial charge on any atom is 0.382 e. The van der Waals surface area contributed by atoms with Crippen molar-refractivity contribution in [2.45, 2.75) is 5.72 Å². The summed E-state index contributed by atoms with van der Waals surface area (Å²) in [5.41, 5.74) is -1.30. The van der Waals surface area contributed by atoms with Gasteiger partial charge in [0, 0.05) is 0 Å². The van der Waals surface area contributed by atoms with E-state index in [4.69, 9.17) is 9.47 Å². The number of para-hydroxylation sites is 1. The quantitative estimate of drug-likeness (QED) is 0.409. The molecule has 5 nitrogen and oxygen atoms in total. The number of hydrogen-bond donors (Lipinski definition) is 0. The molecule has 1 atom stereocenters. The molecule has 0 amide bonds. The Labute approximate surface area is 80.4 Å². The molecule has 1 unspecified atom stereocenters. The van der Waals surface area contributed by atoms with Crippen LogP contribution >= 0.6 is 0 Å². The van der Waals surface area contributed by atoms with Gasteiger partial charge in [0.05, 0.1) is 4.92 Å². The van der Waals surface area contributed by atoms with Crippen molar-refractivity contribution in [3.05, 3.63) is 40.4 Å². The zero-order valence-electron chi connectivity index (χ0n) is 7.38. The molecule has 2 rings (SSSR count). The lowest BCUT2D eigenvalue weighted by Crippen LogP contribution is -2.30. The molecule has 74 valence electrons. The van der Waals surface area contributed by atoms with Crippen LogP contribution in [-0.2, 0) is 4.74 Å². The van der Waals surface area contributed by atoms with Gasteiger partial charge in [-0.2, -0.15) is 0 Å². The van der Waals surface area contributed by atoms with Gasteiger partial charge in [-0.3, -0.25) is 14.9 Å². The largest absolute Gasteiger partial charge is 0.483 e. The Bertz CT molecular complexity index is 334. The molecule has 1 aromatic rings. The second-order valence-electron chi connectivity index (χ2n) is 3.09. The lowest BCUT2D eigenvalue weighted by Gasteiger charge is -2.06. The van der Waals surface area contributed by atoms with Gasteiger partial charge in [0.15, 0.2) is 13.2 Å². The highest BCUT2D eigenvalue weighted by Gasteiger charge is 2.59. The minimum Gasteiger partial charge on any atom is -0.483 e. The van der Waals surface area contributed by atoms with E-state index in [0.29, 0.717) is 5.75 Å². The van der Waals surface area contributed by atoms with Gasteiger partial charge in [0.1, 0.15) is 5.75 Å². The van der Waals surface area contributed by atoms with Crippen LogP contribution in [0.1, 0.15) is 0 Å². The number of hydrogen-bond acceptors (Lipinski definition) is 4. The van der Waals surface area contributed by atoms with Crippen molar-refractivity contribution >= 4 is 0 Å². The summed E-state index contributed by atoms with van der Waals surface area (Å²) in [6.07, 6.45) is 0. The van der Waals surface area contributed by atoms with Crippen molar-refractivity contribution in [3.63, 3.8) is 0 Å². The molecule has 5 heteroatoms. The van der Waals surface area contributed by atoms with Gasteiger partial charge in [-0.1, -0.05) is 18.2 Å². The minimum absolute atomic E-state index is 0.0377. The zero-order valence-corrected chi connectivity index (χ0v) is 7.38. The Morgan fingerprint density at radius 3 is 2.64 bits per heavy atom. The summed E-state index contributed by atoms with van der Waals surface area (Å²) >= 11 is 0. The van der Waals surface area contributed by atoms with Crippen LogP contribution in [0.5, 0.6) is 5.75 Å². The number of nitrogens with zero attached hydrogens (tertiary/aromatic N) is 1. The Hall–Kier alpha value is -1.62. The summed E-state index contributed by atoms with van der Waals surface area (Å²) in [5, 5.41) is 10.5. The molecule has 0 aliphatic carbocycles. The van der Waals surface area contributed by atoms with Gasteiger partial charge in [-0.05, 0) is 12.1 Å². The molecule has 1 saturated heterocycles. The normalized spacial score (nSPS) is 24.3. The van der Waals surface area contributed by atoms with Crippen molar-refractivity contribution in [2.75, 3.05) is 13.2 Å². The van der Waals surface area contributed by atoms with Gasteiger partial charge >= 0.3 is 5.72 Å². The Kier molecular flexibility index (Phi) is 2.09. The highest BCUT2D eigenvalue weighted by Crippen LogP contribution is 2.28. The van der Waals surface area contributed by atoms with Crippen LogP contribution in [0.25, 0.3) is 0 Å². The molecule has 0 radical (unpaired) electrons. The fourth-order valence-corrected chi connectivity index (χ4v) is 1.04. The monoisotopic (exact) mass is 195 g/mol. The first-order chi connectivity index (χ1) is 6.73. The molecule has 1 heterocycles. The van der Waals surface area contributed by atoms with Crippen molar-refractivity contribution in [2.24, 2.45) is 0 Å². The average Bonchev–Trinajstić information content (AvgIpc) is 2.97. The summed E-state index contributed by atoms with van der Waals surface area (Å²) in [7, 11) is 0. The third kappa shape index (κ3) is 1.67. The first-order valence-corrected chi connectivity index (χ1v) is 4.19. The molecule has 0 aromatic heterocycles. The fraction of sp³-hybridized carbons (Fsp3) is 0.333. The lowest BCUT2D eigenvalue weighted by atomic mass is 10.3. The van der Waals surface area contributed by atoms with Gasteiger partial charge < -0.3 is 4.74 Å². The molecule has 1 fully saturated rings. The van der Waals surface area contributed by atoms with Gasteiger partial charge in [-0.15, -0.1) is 0 Å². The molecule has 1 aliphatic heterocycles.